The fourth-order valence-corrected chi connectivity index (χ4v) is 5.57. The maximum Gasteiger partial charge on any atom is 0.0529 e. The van der Waals surface area contributed by atoms with Crippen molar-refractivity contribution in [2.24, 2.45) is 0 Å². The molecule has 1 atom stereocenters. The second-order valence-corrected chi connectivity index (χ2v) is 8.13. The zero-order valence-corrected chi connectivity index (χ0v) is 14.3. The van der Waals surface area contributed by atoms with Gasteiger partial charge in [-0.25, -0.2) is 0 Å². The Morgan fingerprint density at radius 2 is 1.52 bits per heavy atom. The second kappa shape index (κ2) is 5.43. The number of para-hydroxylation sites is 1. The van der Waals surface area contributed by atoms with Gasteiger partial charge in [-0.1, -0.05) is 54.6 Å². The van der Waals surface area contributed by atoms with Gasteiger partial charge in [0.15, 0.2) is 0 Å². The molecule has 1 aliphatic rings. The molecule has 3 aromatic carbocycles. The zero-order valence-electron chi connectivity index (χ0n) is 11.3. The van der Waals surface area contributed by atoms with Crippen LogP contribution in [0.15, 0.2) is 72.8 Å². The van der Waals surface area contributed by atoms with Gasteiger partial charge < -0.3 is 5.09 Å². The first-order valence-corrected chi connectivity index (χ1v) is 9.26. The maximum absolute atomic E-state index is 3.76. The van der Waals surface area contributed by atoms with Gasteiger partial charge in [0.25, 0.3) is 0 Å². The summed E-state index contributed by atoms with van der Waals surface area (Å²) in [7, 11) is -0.540. The molecule has 4 rings (SSSR count). The molecule has 0 saturated carbocycles. The van der Waals surface area contributed by atoms with Crippen molar-refractivity contribution in [2.75, 3.05) is 5.09 Å². The summed E-state index contributed by atoms with van der Waals surface area (Å²) >= 11 is 2.40. The van der Waals surface area contributed by atoms with Crippen molar-refractivity contribution in [2.45, 2.75) is 0 Å². The lowest BCUT2D eigenvalue weighted by atomic mass is 10.0. The Bertz CT molecular complexity index is 801. The molecule has 1 aliphatic heterocycles. The lowest BCUT2D eigenvalue weighted by Gasteiger charge is -2.30. The molecule has 0 bridgehead atoms. The molecule has 0 radical (unpaired) electrons. The third kappa shape index (κ3) is 2.37. The summed E-state index contributed by atoms with van der Waals surface area (Å²) in [6, 6.07) is 26.1. The van der Waals surface area contributed by atoms with E-state index in [4.69, 9.17) is 0 Å². The molecule has 0 aromatic heterocycles. The predicted octanol–water partition coefficient (Wildman–Crippen LogP) is 4.73. The normalized spacial score (nSPS) is 15.8. The number of fused-ring (bicyclic) bond motifs is 3. The van der Waals surface area contributed by atoms with E-state index < -0.39 is 8.07 Å². The maximum atomic E-state index is 3.76. The van der Waals surface area contributed by atoms with E-state index in [2.05, 4.69) is 100 Å². The number of anilines is 1. The molecule has 1 unspecified atom stereocenters. The summed E-state index contributed by atoms with van der Waals surface area (Å²) in [6.07, 6.45) is 0. The van der Waals surface area contributed by atoms with Crippen molar-refractivity contribution in [1.82, 2.24) is 0 Å². The fraction of sp³-hybridized carbons (Fsp3) is 0. The Hall–Kier alpha value is -1.38. The van der Waals surface area contributed by atoms with Gasteiger partial charge in [0, 0.05) is 25.4 Å². The standard InChI is InChI=1S/C18H13INP/c19-13-10-11-16-15-8-4-5-9-17(15)20-21(18(16)12-13)14-6-2-1-3-7-14/h1-12,20H. The van der Waals surface area contributed by atoms with E-state index >= 15 is 0 Å². The highest BCUT2D eigenvalue weighted by Gasteiger charge is 2.25. The van der Waals surface area contributed by atoms with Crippen LogP contribution in [0, 0.1) is 3.57 Å². The fourth-order valence-electron chi connectivity index (χ4n) is 2.69. The number of benzene rings is 3. The Morgan fingerprint density at radius 1 is 0.762 bits per heavy atom. The van der Waals surface area contributed by atoms with Crippen molar-refractivity contribution in [3.05, 3.63) is 76.4 Å². The van der Waals surface area contributed by atoms with Crippen LogP contribution < -0.4 is 15.7 Å². The molecule has 1 heterocycles. The number of rotatable bonds is 1. The molecule has 3 aromatic rings. The molecular formula is C18H13INP. The molecule has 0 aliphatic carbocycles. The van der Waals surface area contributed by atoms with Gasteiger partial charge in [-0.05, 0) is 46.4 Å². The quantitative estimate of drug-likeness (QED) is 0.459. The highest BCUT2D eigenvalue weighted by atomic mass is 127. The van der Waals surface area contributed by atoms with E-state index in [1.54, 1.807) is 0 Å². The largest absolute Gasteiger partial charge is 0.356 e. The first kappa shape index (κ1) is 13.3. The van der Waals surface area contributed by atoms with Crippen molar-refractivity contribution < 1.29 is 0 Å². The van der Waals surface area contributed by atoms with Crippen LogP contribution in [0.3, 0.4) is 0 Å². The van der Waals surface area contributed by atoms with Crippen LogP contribution in [0.4, 0.5) is 5.69 Å². The molecule has 0 fully saturated rings. The summed E-state index contributed by atoms with van der Waals surface area (Å²) in [5.74, 6) is 0. The highest BCUT2D eigenvalue weighted by molar-refractivity contribution is 14.1. The van der Waals surface area contributed by atoms with Gasteiger partial charge in [0.1, 0.15) is 0 Å². The van der Waals surface area contributed by atoms with Crippen molar-refractivity contribution in [1.29, 1.82) is 0 Å². The van der Waals surface area contributed by atoms with Gasteiger partial charge >= 0.3 is 0 Å². The Kier molecular flexibility index (Phi) is 3.44. The lowest BCUT2D eigenvalue weighted by molar-refractivity contribution is 1.58. The minimum Gasteiger partial charge on any atom is -0.356 e. The van der Waals surface area contributed by atoms with Gasteiger partial charge in [-0.3, -0.25) is 0 Å². The van der Waals surface area contributed by atoms with Crippen LogP contribution in [0.25, 0.3) is 11.1 Å². The van der Waals surface area contributed by atoms with E-state index in [9.17, 15) is 0 Å². The summed E-state index contributed by atoms with van der Waals surface area (Å²) in [5, 5.41) is 6.54. The minimum atomic E-state index is -0.540. The van der Waals surface area contributed by atoms with Crippen molar-refractivity contribution in [3.8, 4) is 11.1 Å². The van der Waals surface area contributed by atoms with E-state index in [1.807, 2.05) is 0 Å². The molecule has 102 valence electrons. The monoisotopic (exact) mass is 401 g/mol. The molecule has 0 saturated heterocycles. The Morgan fingerprint density at radius 3 is 2.38 bits per heavy atom. The topological polar surface area (TPSA) is 12.0 Å². The minimum absolute atomic E-state index is 0.540. The summed E-state index contributed by atoms with van der Waals surface area (Å²) in [4.78, 5) is 0. The average Bonchev–Trinajstić information content (AvgIpc) is 2.54. The third-order valence-electron chi connectivity index (χ3n) is 3.66. The van der Waals surface area contributed by atoms with E-state index in [0.717, 1.165) is 0 Å². The molecular weight excluding hydrogens is 388 g/mol. The first-order chi connectivity index (χ1) is 10.3. The predicted molar refractivity (Wildman–Crippen MR) is 101 cm³/mol. The first-order valence-electron chi connectivity index (χ1n) is 6.84. The van der Waals surface area contributed by atoms with Crippen molar-refractivity contribution >= 4 is 47.0 Å². The SMILES string of the molecule is Ic1ccc2c(c1)P(c1ccccc1)Nc1ccccc1-2. The van der Waals surface area contributed by atoms with Crippen LogP contribution in [0.5, 0.6) is 0 Å². The number of halogens is 1. The van der Waals surface area contributed by atoms with E-state index in [0.29, 0.717) is 0 Å². The van der Waals surface area contributed by atoms with Crippen LogP contribution >= 0.6 is 30.7 Å². The summed E-state index contributed by atoms with van der Waals surface area (Å²) in [6.45, 7) is 0. The van der Waals surface area contributed by atoms with Gasteiger partial charge in [-0.15, -0.1) is 0 Å². The van der Waals surface area contributed by atoms with E-state index in [1.165, 1.54) is 31.0 Å². The lowest BCUT2D eigenvalue weighted by Crippen LogP contribution is -2.23. The smallest absolute Gasteiger partial charge is 0.0529 e. The number of hydrogen-bond donors (Lipinski definition) is 1. The molecule has 1 nitrogen and oxygen atoms in total. The zero-order chi connectivity index (χ0) is 14.2. The van der Waals surface area contributed by atoms with Crippen LogP contribution in [0.1, 0.15) is 0 Å². The molecule has 0 amide bonds. The van der Waals surface area contributed by atoms with Crippen molar-refractivity contribution in [3.63, 3.8) is 0 Å². The second-order valence-electron chi connectivity index (χ2n) is 4.99. The summed E-state index contributed by atoms with van der Waals surface area (Å²) < 4.78 is 1.29. The highest BCUT2D eigenvalue weighted by Crippen LogP contribution is 2.46. The molecule has 3 heteroatoms. The van der Waals surface area contributed by atoms with Crippen LogP contribution in [-0.2, 0) is 0 Å². The summed E-state index contributed by atoms with van der Waals surface area (Å²) in [5.41, 5.74) is 3.90. The Labute approximate surface area is 139 Å². The third-order valence-corrected chi connectivity index (χ3v) is 6.47. The van der Waals surface area contributed by atoms with Gasteiger partial charge in [0.05, 0.1) is 8.07 Å². The van der Waals surface area contributed by atoms with Crippen LogP contribution in [-0.4, -0.2) is 0 Å². The molecule has 1 N–H and O–H groups in total. The number of nitrogens with one attached hydrogen (secondary N) is 1. The Balaban J connectivity index is 1.95. The molecule has 0 spiro atoms. The number of hydrogen-bond acceptors (Lipinski definition) is 1. The van der Waals surface area contributed by atoms with Crippen LogP contribution in [0.2, 0.25) is 0 Å². The molecule has 21 heavy (non-hydrogen) atoms. The van der Waals surface area contributed by atoms with Gasteiger partial charge in [0.2, 0.25) is 0 Å². The van der Waals surface area contributed by atoms with E-state index in [-0.39, 0.29) is 0 Å². The average molecular weight is 401 g/mol. The van der Waals surface area contributed by atoms with Gasteiger partial charge in [-0.2, -0.15) is 0 Å².